The van der Waals surface area contributed by atoms with Crippen LogP contribution in [0.25, 0.3) is 11.4 Å². The molecule has 1 N–H and O–H groups in total. The van der Waals surface area contributed by atoms with Gasteiger partial charge in [-0.15, -0.1) is 10.2 Å². The van der Waals surface area contributed by atoms with Crippen LogP contribution >= 0.6 is 12.2 Å². The summed E-state index contributed by atoms with van der Waals surface area (Å²) in [6.07, 6.45) is 0. The molecule has 34 heavy (non-hydrogen) atoms. The Bertz CT molecular complexity index is 1470. The topological polar surface area (TPSA) is 81.1 Å². The molecule has 0 aliphatic carbocycles. The van der Waals surface area contributed by atoms with Crippen molar-refractivity contribution >= 4 is 23.6 Å². The maximum atomic E-state index is 13.5. The van der Waals surface area contributed by atoms with E-state index in [9.17, 15) is 9.90 Å². The molecule has 0 saturated carbocycles. The van der Waals surface area contributed by atoms with Crippen LogP contribution in [0.4, 0.5) is 11.4 Å². The number of aryl methyl sites for hydroxylation is 2. The average molecular weight is 473 g/mol. The molecule has 0 amide bonds. The van der Waals surface area contributed by atoms with Crippen molar-refractivity contribution < 1.29 is 9.84 Å². The van der Waals surface area contributed by atoms with Crippen molar-refractivity contribution in [2.75, 3.05) is 6.61 Å². The second-order valence-electron chi connectivity index (χ2n) is 7.68. The Morgan fingerprint density at radius 2 is 1.50 bits per heavy atom. The fourth-order valence-electron chi connectivity index (χ4n) is 3.46. The van der Waals surface area contributed by atoms with E-state index in [0.29, 0.717) is 29.4 Å². The Morgan fingerprint density at radius 3 is 2.15 bits per heavy atom. The van der Waals surface area contributed by atoms with Crippen LogP contribution in [0.1, 0.15) is 18.1 Å². The number of aromatic nitrogens is 2. The molecule has 0 radical (unpaired) electrons. The molecule has 1 heterocycles. The quantitative estimate of drug-likeness (QED) is 0.257. The van der Waals surface area contributed by atoms with Gasteiger partial charge in [-0.3, -0.25) is 13.9 Å². The van der Waals surface area contributed by atoms with Crippen LogP contribution in [-0.4, -0.2) is 20.8 Å². The molecule has 3 aromatic carbocycles. The molecule has 172 valence electrons. The fourth-order valence-corrected chi connectivity index (χ4v) is 3.84. The van der Waals surface area contributed by atoms with E-state index in [1.165, 1.54) is 9.13 Å². The molecule has 7 nitrogen and oxygen atoms in total. The van der Waals surface area contributed by atoms with Gasteiger partial charge < -0.3 is 9.84 Å². The second kappa shape index (κ2) is 9.84. The van der Waals surface area contributed by atoms with E-state index >= 15 is 0 Å². The molecule has 0 bridgehead atoms. The summed E-state index contributed by atoms with van der Waals surface area (Å²) in [6.45, 7) is 6.29. The van der Waals surface area contributed by atoms with Crippen molar-refractivity contribution in [2.45, 2.75) is 20.8 Å². The largest absolute Gasteiger partial charge is 0.494 e. The predicted molar refractivity (Wildman–Crippen MR) is 135 cm³/mol. The van der Waals surface area contributed by atoms with E-state index in [2.05, 4.69) is 10.2 Å². The third-order valence-electron chi connectivity index (χ3n) is 5.28. The third-order valence-corrected chi connectivity index (χ3v) is 5.65. The summed E-state index contributed by atoms with van der Waals surface area (Å²) in [5.41, 5.74) is 2.86. The van der Waals surface area contributed by atoms with E-state index in [0.717, 1.165) is 11.1 Å². The summed E-state index contributed by atoms with van der Waals surface area (Å²) >= 11 is 5.67. The number of rotatable bonds is 6. The summed E-state index contributed by atoms with van der Waals surface area (Å²) in [6, 6.07) is 21.8. The molecule has 4 aromatic rings. The molecule has 1 aromatic heterocycles. The van der Waals surface area contributed by atoms with Crippen molar-refractivity contribution in [1.82, 2.24) is 9.13 Å². The molecule has 0 aliphatic heterocycles. The van der Waals surface area contributed by atoms with Gasteiger partial charge in [0.05, 0.1) is 23.7 Å². The standard InChI is InChI=1S/C26H24N4O3S/c1-4-33-21-15-13-20(14-16-21)30-25(32)23(28-27-22-8-6-5-7-18(22)3)24(31)29(26(30)34)19-11-9-17(2)10-12-19/h5-16,31H,4H2,1-3H3. The molecule has 0 spiro atoms. The average Bonchev–Trinajstić information content (AvgIpc) is 2.82. The highest BCUT2D eigenvalue weighted by Crippen LogP contribution is 2.30. The number of nitrogens with zero attached hydrogens (tertiary/aromatic N) is 4. The van der Waals surface area contributed by atoms with Crippen LogP contribution in [0.2, 0.25) is 0 Å². The van der Waals surface area contributed by atoms with E-state index in [-0.39, 0.29) is 16.3 Å². The smallest absolute Gasteiger partial charge is 0.290 e. The van der Waals surface area contributed by atoms with Crippen LogP contribution in [0.5, 0.6) is 11.6 Å². The summed E-state index contributed by atoms with van der Waals surface area (Å²) in [5, 5.41) is 19.5. The lowest BCUT2D eigenvalue weighted by molar-refractivity contribution is 0.340. The molecule has 0 aliphatic rings. The van der Waals surface area contributed by atoms with Crippen LogP contribution in [0.15, 0.2) is 87.8 Å². The minimum Gasteiger partial charge on any atom is -0.494 e. The summed E-state index contributed by atoms with van der Waals surface area (Å²) in [5.74, 6) is 0.299. The SMILES string of the molecule is CCOc1ccc(-n2c(=O)c(N=Nc3ccccc3C)c(O)n(-c3ccc(C)cc3)c2=S)cc1. The van der Waals surface area contributed by atoms with E-state index in [1.807, 2.05) is 63.2 Å². The Balaban J connectivity index is 1.97. The van der Waals surface area contributed by atoms with E-state index < -0.39 is 5.56 Å². The minimum absolute atomic E-state index is 0.102. The molecule has 8 heteroatoms. The zero-order valence-electron chi connectivity index (χ0n) is 19.1. The third kappa shape index (κ3) is 4.53. The minimum atomic E-state index is -0.577. The van der Waals surface area contributed by atoms with Gasteiger partial charge in [0.15, 0.2) is 4.77 Å². The number of hydrogen-bond donors (Lipinski definition) is 1. The van der Waals surface area contributed by atoms with Gasteiger partial charge in [0.2, 0.25) is 11.6 Å². The number of hydrogen-bond acceptors (Lipinski definition) is 6. The molecule has 0 fully saturated rings. The lowest BCUT2D eigenvalue weighted by Crippen LogP contribution is -2.23. The Labute approximate surface area is 202 Å². The molecular formula is C26H24N4O3S. The molecule has 0 atom stereocenters. The van der Waals surface area contributed by atoms with Gasteiger partial charge in [-0.2, -0.15) is 0 Å². The van der Waals surface area contributed by atoms with Gasteiger partial charge in [0.1, 0.15) is 5.75 Å². The van der Waals surface area contributed by atoms with Crippen molar-refractivity contribution in [3.8, 4) is 23.0 Å². The van der Waals surface area contributed by atoms with Gasteiger partial charge in [0, 0.05) is 0 Å². The molecule has 0 saturated heterocycles. The number of azo groups is 1. The second-order valence-corrected chi connectivity index (χ2v) is 8.04. The highest BCUT2D eigenvalue weighted by atomic mass is 32.1. The number of aromatic hydroxyl groups is 1. The zero-order valence-corrected chi connectivity index (χ0v) is 19.9. The summed E-state index contributed by atoms with van der Waals surface area (Å²) < 4.78 is 8.36. The molecular weight excluding hydrogens is 448 g/mol. The van der Waals surface area contributed by atoms with Gasteiger partial charge in [-0.25, -0.2) is 0 Å². The lowest BCUT2D eigenvalue weighted by Gasteiger charge is -2.16. The fraction of sp³-hybridized carbons (Fsp3) is 0.154. The Hall–Kier alpha value is -4.04. The number of benzene rings is 3. The first kappa shape index (κ1) is 23.1. The number of ether oxygens (including phenoxy) is 1. The summed E-state index contributed by atoms with van der Waals surface area (Å²) in [7, 11) is 0. The molecule has 0 unspecified atom stereocenters. The van der Waals surface area contributed by atoms with E-state index in [1.54, 1.807) is 30.3 Å². The molecule has 4 rings (SSSR count). The van der Waals surface area contributed by atoms with Crippen molar-refractivity contribution in [3.05, 3.63) is 99.0 Å². The van der Waals surface area contributed by atoms with E-state index in [4.69, 9.17) is 17.0 Å². The van der Waals surface area contributed by atoms with Gasteiger partial charge in [-0.1, -0.05) is 35.9 Å². The van der Waals surface area contributed by atoms with Crippen LogP contribution in [0.3, 0.4) is 0 Å². The van der Waals surface area contributed by atoms with Gasteiger partial charge in [0.25, 0.3) is 5.56 Å². The maximum absolute atomic E-state index is 13.5. The zero-order chi connectivity index (χ0) is 24.2. The highest BCUT2D eigenvalue weighted by Gasteiger charge is 2.19. The highest BCUT2D eigenvalue weighted by molar-refractivity contribution is 7.71. The first-order valence-electron chi connectivity index (χ1n) is 10.8. The first-order chi connectivity index (χ1) is 16.4. The van der Waals surface area contributed by atoms with Crippen molar-refractivity contribution in [2.24, 2.45) is 10.2 Å². The normalized spacial score (nSPS) is 11.1. The predicted octanol–water partition coefficient (Wildman–Crippen LogP) is 6.49. The monoisotopic (exact) mass is 472 g/mol. The Kier molecular flexibility index (Phi) is 6.70. The van der Waals surface area contributed by atoms with Crippen molar-refractivity contribution in [3.63, 3.8) is 0 Å². The van der Waals surface area contributed by atoms with Crippen LogP contribution in [0, 0.1) is 18.6 Å². The lowest BCUT2D eigenvalue weighted by atomic mass is 10.2. The maximum Gasteiger partial charge on any atom is 0.290 e. The van der Waals surface area contributed by atoms with Crippen LogP contribution in [-0.2, 0) is 0 Å². The Morgan fingerprint density at radius 1 is 0.882 bits per heavy atom. The van der Waals surface area contributed by atoms with Crippen molar-refractivity contribution in [1.29, 1.82) is 0 Å². The van der Waals surface area contributed by atoms with Gasteiger partial charge >= 0.3 is 0 Å². The van der Waals surface area contributed by atoms with Gasteiger partial charge in [-0.05, 0) is 81.0 Å². The summed E-state index contributed by atoms with van der Waals surface area (Å²) in [4.78, 5) is 13.5. The van der Waals surface area contributed by atoms with Crippen LogP contribution < -0.4 is 10.3 Å². The first-order valence-corrected chi connectivity index (χ1v) is 11.2.